The zero-order valence-electron chi connectivity index (χ0n) is 16.4. The Balaban J connectivity index is 0.00000392. The molecule has 0 saturated carbocycles. The van der Waals surface area contributed by atoms with E-state index < -0.39 is 0 Å². The molecule has 0 radical (unpaired) electrons. The number of aliphatic imine (C=N–C) groups is 1. The highest BCUT2D eigenvalue weighted by Gasteiger charge is 2.08. The number of guanidine groups is 1. The number of nitrogens with one attached hydrogen (secondary N) is 2. The molecule has 0 fully saturated rings. The van der Waals surface area contributed by atoms with Crippen molar-refractivity contribution >= 4 is 47.4 Å². The molecule has 0 atom stereocenters. The Morgan fingerprint density at radius 3 is 2.36 bits per heavy atom. The molecule has 28 heavy (non-hydrogen) atoms. The minimum Gasteiger partial charge on any atom is -0.356 e. The first-order chi connectivity index (χ1) is 13.0. The van der Waals surface area contributed by atoms with Crippen LogP contribution in [-0.2, 0) is 12.8 Å². The normalized spacial score (nSPS) is 10.8. The van der Waals surface area contributed by atoms with Gasteiger partial charge >= 0.3 is 0 Å². The second kappa shape index (κ2) is 12.6. The molecule has 6 nitrogen and oxygen atoms in total. The van der Waals surface area contributed by atoms with Gasteiger partial charge in [0.25, 0.3) is 5.91 Å². The smallest absolute Gasteiger partial charge is 0.253 e. The third-order valence-corrected chi connectivity index (χ3v) is 4.23. The summed E-state index contributed by atoms with van der Waals surface area (Å²) in [6.07, 6.45) is 3.41. The van der Waals surface area contributed by atoms with Crippen molar-refractivity contribution in [2.24, 2.45) is 4.99 Å². The zero-order chi connectivity index (χ0) is 19.6. The molecule has 1 heterocycles. The molecule has 2 aromatic rings. The van der Waals surface area contributed by atoms with Crippen LogP contribution in [0.3, 0.4) is 0 Å². The van der Waals surface area contributed by atoms with E-state index in [0.717, 1.165) is 43.0 Å². The van der Waals surface area contributed by atoms with Gasteiger partial charge in [0.15, 0.2) is 5.96 Å². The third-order valence-electron chi connectivity index (χ3n) is 4.00. The van der Waals surface area contributed by atoms with Crippen molar-refractivity contribution in [2.45, 2.75) is 12.8 Å². The number of benzene rings is 1. The van der Waals surface area contributed by atoms with E-state index in [9.17, 15) is 4.79 Å². The molecule has 8 heteroatoms. The number of hydrogen-bond acceptors (Lipinski definition) is 3. The maximum atomic E-state index is 12.0. The fourth-order valence-electron chi connectivity index (χ4n) is 2.54. The second-order valence-electron chi connectivity index (χ2n) is 6.31. The number of amides is 1. The molecule has 0 aliphatic carbocycles. The fraction of sp³-hybridized carbons (Fsp3) is 0.350. The Labute approximate surface area is 188 Å². The van der Waals surface area contributed by atoms with Gasteiger partial charge in [-0.15, -0.1) is 24.0 Å². The van der Waals surface area contributed by atoms with Crippen LogP contribution < -0.4 is 10.6 Å². The van der Waals surface area contributed by atoms with Crippen LogP contribution in [0.1, 0.15) is 21.5 Å². The van der Waals surface area contributed by atoms with Crippen molar-refractivity contribution in [3.63, 3.8) is 0 Å². The summed E-state index contributed by atoms with van der Waals surface area (Å²) in [4.78, 5) is 21.9. The van der Waals surface area contributed by atoms with Gasteiger partial charge in [0.05, 0.1) is 0 Å². The van der Waals surface area contributed by atoms with Crippen molar-refractivity contribution in [2.75, 3.05) is 34.2 Å². The topological polar surface area (TPSA) is 69.6 Å². The van der Waals surface area contributed by atoms with E-state index >= 15 is 0 Å². The Kier molecular flexibility index (Phi) is 10.8. The number of pyridine rings is 1. The van der Waals surface area contributed by atoms with Gasteiger partial charge in [-0.05, 0) is 42.2 Å². The number of nitrogens with zero attached hydrogens (tertiary/aromatic N) is 3. The molecule has 0 aliphatic heterocycles. The lowest BCUT2D eigenvalue weighted by Crippen LogP contribution is -2.39. The van der Waals surface area contributed by atoms with Crippen LogP contribution in [0, 0.1) is 0 Å². The summed E-state index contributed by atoms with van der Waals surface area (Å²) in [5.41, 5.74) is 2.93. The number of hydrogen-bond donors (Lipinski definition) is 2. The first kappa shape index (κ1) is 24.2. The minimum absolute atomic E-state index is 0. The molecular formula is C20H27ClIN5O. The maximum Gasteiger partial charge on any atom is 0.253 e. The van der Waals surface area contributed by atoms with Crippen molar-refractivity contribution in [1.82, 2.24) is 20.5 Å². The molecule has 1 aromatic heterocycles. The molecule has 0 saturated heterocycles. The van der Waals surface area contributed by atoms with Gasteiger partial charge < -0.3 is 15.5 Å². The summed E-state index contributed by atoms with van der Waals surface area (Å²) in [6.45, 7) is 1.47. The molecule has 2 rings (SSSR count). The summed E-state index contributed by atoms with van der Waals surface area (Å²) < 4.78 is 0. The van der Waals surface area contributed by atoms with Crippen molar-refractivity contribution in [1.29, 1.82) is 0 Å². The van der Waals surface area contributed by atoms with Crippen LogP contribution in [-0.4, -0.2) is 56.0 Å². The van der Waals surface area contributed by atoms with E-state index in [1.54, 1.807) is 38.3 Å². The Morgan fingerprint density at radius 2 is 1.79 bits per heavy atom. The molecule has 2 N–H and O–H groups in total. The van der Waals surface area contributed by atoms with Crippen LogP contribution in [0.25, 0.3) is 0 Å². The highest BCUT2D eigenvalue weighted by atomic mass is 127. The minimum atomic E-state index is 0. The predicted octanol–water partition coefficient (Wildman–Crippen LogP) is 3.01. The molecule has 0 bridgehead atoms. The highest BCUT2D eigenvalue weighted by Crippen LogP contribution is 2.08. The van der Waals surface area contributed by atoms with E-state index in [4.69, 9.17) is 11.6 Å². The van der Waals surface area contributed by atoms with Gasteiger partial charge in [-0.2, -0.15) is 0 Å². The summed E-state index contributed by atoms with van der Waals surface area (Å²) in [5.74, 6) is 0.761. The van der Waals surface area contributed by atoms with Gasteiger partial charge in [-0.25, -0.2) is 4.98 Å². The quantitative estimate of drug-likeness (QED) is 0.257. The number of halogens is 2. The van der Waals surface area contributed by atoms with Crippen LogP contribution in [0.15, 0.2) is 47.6 Å². The standard InChI is InChI=1S/C20H26ClN5O.HI/c1-22-20(24-12-10-16-7-8-18(21)25-14-16)23-11-9-15-5-4-6-17(13-15)19(27)26(2)3;/h4-8,13-14H,9-12H2,1-3H3,(H2,22,23,24);1H. The van der Waals surface area contributed by atoms with Crippen LogP contribution >= 0.6 is 35.6 Å². The molecule has 1 aromatic carbocycles. The van der Waals surface area contributed by atoms with Gasteiger partial charge in [0, 0.05) is 46.0 Å². The van der Waals surface area contributed by atoms with E-state index in [1.165, 1.54) is 0 Å². The summed E-state index contributed by atoms with van der Waals surface area (Å²) in [5, 5.41) is 7.07. The summed E-state index contributed by atoms with van der Waals surface area (Å²) >= 11 is 5.79. The van der Waals surface area contributed by atoms with E-state index in [2.05, 4.69) is 20.6 Å². The lowest BCUT2D eigenvalue weighted by molar-refractivity contribution is 0.0827. The SMILES string of the molecule is CN=C(NCCc1ccc(Cl)nc1)NCCc1cccc(C(=O)N(C)C)c1.I. The Hall–Kier alpha value is -1.87. The number of aromatic nitrogens is 1. The Bertz CT molecular complexity index is 780. The van der Waals surface area contributed by atoms with Crippen LogP contribution in [0.5, 0.6) is 0 Å². The molecule has 0 spiro atoms. The first-order valence-electron chi connectivity index (χ1n) is 8.85. The average molecular weight is 516 g/mol. The fourth-order valence-corrected chi connectivity index (χ4v) is 2.66. The van der Waals surface area contributed by atoms with Gasteiger partial charge in [-0.3, -0.25) is 9.79 Å². The van der Waals surface area contributed by atoms with Crippen LogP contribution in [0.4, 0.5) is 0 Å². The number of carbonyl (C=O) groups excluding carboxylic acids is 1. The van der Waals surface area contributed by atoms with E-state index in [0.29, 0.717) is 10.7 Å². The Morgan fingerprint density at radius 1 is 1.11 bits per heavy atom. The molecular weight excluding hydrogens is 489 g/mol. The average Bonchev–Trinajstić information content (AvgIpc) is 2.67. The van der Waals surface area contributed by atoms with Gasteiger partial charge in [0.1, 0.15) is 5.15 Å². The van der Waals surface area contributed by atoms with Crippen LogP contribution in [0.2, 0.25) is 5.15 Å². The van der Waals surface area contributed by atoms with Gasteiger partial charge in [0.2, 0.25) is 0 Å². The molecule has 0 aliphatic rings. The number of rotatable bonds is 7. The van der Waals surface area contributed by atoms with Gasteiger partial charge in [-0.1, -0.05) is 29.8 Å². The largest absolute Gasteiger partial charge is 0.356 e. The maximum absolute atomic E-state index is 12.0. The van der Waals surface area contributed by atoms with Crippen molar-refractivity contribution in [3.8, 4) is 0 Å². The van der Waals surface area contributed by atoms with E-state index in [1.807, 2.05) is 30.3 Å². The molecule has 1 amide bonds. The summed E-state index contributed by atoms with van der Waals surface area (Å²) in [6, 6.07) is 11.5. The highest BCUT2D eigenvalue weighted by molar-refractivity contribution is 14.0. The lowest BCUT2D eigenvalue weighted by Gasteiger charge is -2.13. The monoisotopic (exact) mass is 515 g/mol. The first-order valence-corrected chi connectivity index (χ1v) is 9.23. The molecule has 0 unspecified atom stereocenters. The predicted molar refractivity (Wildman–Crippen MR) is 126 cm³/mol. The lowest BCUT2D eigenvalue weighted by atomic mass is 10.1. The third kappa shape index (κ3) is 8.02. The summed E-state index contributed by atoms with van der Waals surface area (Å²) in [7, 11) is 5.26. The van der Waals surface area contributed by atoms with Crippen molar-refractivity contribution < 1.29 is 4.79 Å². The zero-order valence-corrected chi connectivity index (χ0v) is 19.5. The van der Waals surface area contributed by atoms with Crippen molar-refractivity contribution in [3.05, 3.63) is 64.4 Å². The number of carbonyl (C=O) groups is 1. The van der Waals surface area contributed by atoms with E-state index in [-0.39, 0.29) is 29.9 Å². The second-order valence-corrected chi connectivity index (χ2v) is 6.70. The molecule has 152 valence electrons.